The smallest absolute Gasteiger partial charge is 0.272 e. The minimum Gasteiger partial charge on any atom is -0.436 e. The van der Waals surface area contributed by atoms with Gasteiger partial charge >= 0.3 is 0 Å². The minimum atomic E-state index is -0.475. The second-order valence-electron chi connectivity index (χ2n) is 6.17. The molecule has 6 nitrogen and oxygen atoms in total. The number of rotatable bonds is 6. The van der Waals surface area contributed by atoms with E-state index in [4.69, 9.17) is 4.74 Å². The minimum absolute atomic E-state index is 0.0835. The summed E-state index contributed by atoms with van der Waals surface area (Å²) in [5.74, 6) is 0.0769. The first-order valence-electron chi connectivity index (χ1n) is 8.40. The molecule has 1 amide bonds. The van der Waals surface area contributed by atoms with Gasteiger partial charge in [0.1, 0.15) is 5.69 Å². The number of amides is 1. The molecule has 4 rings (SSSR count). The molecule has 0 unspecified atom stereocenters. The summed E-state index contributed by atoms with van der Waals surface area (Å²) in [5.41, 5.74) is 1.99. The monoisotopic (exact) mass is 352 g/mol. The number of nitrogens with one attached hydrogen (secondary N) is 2. The summed E-state index contributed by atoms with van der Waals surface area (Å²) in [7, 11) is 0. The number of aromatic nitrogens is 3. The first-order chi connectivity index (χ1) is 12.7. The Bertz CT molecular complexity index is 937. The Morgan fingerprint density at radius 1 is 1.27 bits per heavy atom. The molecule has 3 aromatic rings. The summed E-state index contributed by atoms with van der Waals surface area (Å²) in [5, 5.41) is 9.76. The molecule has 2 heterocycles. The van der Waals surface area contributed by atoms with Crippen molar-refractivity contribution < 1.29 is 13.9 Å². The maximum Gasteiger partial charge on any atom is 0.272 e. The van der Waals surface area contributed by atoms with Gasteiger partial charge in [0.15, 0.2) is 11.6 Å². The third-order valence-corrected chi connectivity index (χ3v) is 4.18. The lowest BCUT2D eigenvalue weighted by molar-refractivity contribution is 0.0945. The number of para-hydroxylation sites is 1. The van der Waals surface area contributed by atoms with E-state index in [-0.39, 0.29) is 24.1 Å². The van der Waals surface area contributed by atoms with Gasteiger partial charge < -0.3 is 10.1 Å². The Hall–Kier alpha value is -3.22. The Morgan fingerprint density at radius 2 is 2.12 bits per heavy atom. The van der Waals surface area contributed by atoms with Gasteiger partial charge in [0.05, 0.1) is 0 Å². The lowest BCUT2D eigenvalue weighted by Gasteiger charge is -2.10. The molecular formula is C19H17FN4O2. The van der Waals surface area contributed by atoms with Gasteiger partial charge in [-0.05, 0) is 37.1 Å². The molecule has 1 fully saturated rings. The predicted octanol–water partition coefficient (Wildman–Crippen LogP) is 3.54. The van der Waals surface area contributed by atoms with Crippen molar-refractivity contribution in [1.29, 1.82) is 0 Å². The zero-order valence-corrected chi connectivity index (χ0v) is 13.9. The van der Waals surface area contributed by atoms with Crippen LogP contribution in [0.5, 0.6) is 11.6 Å². The number of H-pyrrole nitrogens is 1. The van der Waals surface area contributed by atoms with E-state index in [1.165, 1.54) is 12.1 Å². The number of aromatic amines is 1. The van der Waals surface area contributed by atoms with Crippen LogP contribution < -0.4 is 10.1 Å². The van der Waals surface area contributed by atoms with E-state index in [0.717, 1.165) is 18.5 Å². The van der Waals surface area contributed by atoms with Crippen LogP contribution in [0.1, 0.15) is 40.5 Å². The summed E-state index contributed by atoms with van der Waals surface area (Å²) < 4.78 is 19.3. The van der Waals surface area contributed by atoms with Crippen LogP contribution in [0.25, 0.3) is 0 Å². The molecule has 132 valence electrons. The molecule has 1 aromatic carbocycles. The Labute approximate surface area is 149 Å². The highest BCUT2D eigenvalue weighted by Crippen LogP contribution is 2.39. The van der Waals surface area contributed by atoms with Crippen LogP contribution >= 0.6 is 0 Å². The summed E-state index contributed by atoms with van der Waals surface area (Å²) in [4.78, 5) is 16.4. The SMILES string of the molecule is O=C(NCc1cccnc1Oc1ccccc1F)c1cc(C2CC2)[nH]n1. The fourth-order valence-electron chi connectivity index (χ4n) is 2.60. The van der Waals surface area contributed by atoms with Gasteiger partial charge in [0.25, 0.3) is 5.91 Å². The maximum absolute atomic E-state index is 13.8. The fraction of sp³-hybridized carbons (Fsp3) is 0.211. The molecule has 26 heavy (non-hydrogen) atoms. The van der Waals surface area contributed by atoms with E-state index in [0.29, 0.717) is 17.2 Å². The molecule has 1 saturated carbocycles. The number of benzene rings is 1. The topological polar surface area (TPSA) is 79.9 Å². The average Bonchev–Trinajstić information content (AvgIpc) is 3.39. The molecule has 0 bridgehead atoms. The number of carbonyl (C=O) groups excluding carboxylic acids is 1. The van der Waals surface area contributed by atoms with Gasteiger partial charge in [-0.15, -0.1) is 0 Å². The third-order valence-electron chi connectivity index (χ3n) is 4.18. The highest BCUT2D eigenvalue weighted by atomic mass is 19.1. The summed E-state index contributed by atoms with van der Waals surface area (Å²) in [6.45, 7) is 0.197. The van der Waals surface area contributed by atoms with Crippen LogP contribution in [-0.2, 0) is 6.54 Å². The van der Waals surface area contributed by atoms with E-state index >= 15 is 0 Å². The molecular weight excluding hydrogens is 335 g/mol. The lowest BCUT2D eigenvalue weighted by Crippen LogP contribution is -2.23. The van der Waals surface area contributed by atoms with Crippen molar-refractivity contribution in [1.82, 2.24) is 20.5 Å². The van der Waals surface area contributed by atoms with Crippen LogP contribution in [0.4, 0.5) is 4.39 Å². The Kier molecular flexibility index (Phi) is 4.35. The summed E-state index contributed by atoms with van der Waals surface area (Å²) in [6, 6.07) is 11.4. The molecule has 7 heteroatoms. The number of halogens is 1. The first-order valence-corrected chi connectivity index (χ1v) is 8.40. The van der Waals surface area contributed by atoms with E-state index in [2.05, 4.69) is 20.5 Å². The van der Waals surface area contributed by atoms with Crippen molar-refractivity contribution in [2.24, 2.45) is 0 Å². The molecule has 0 spiro atoms. The van der Waals surface area contributed by atoms with Crippen LogP contribution in [0.2, 0.25) is 0 Å². The standard InChI is InChI=1S/C19H17FN4O2/c20-14-5-1-2-6-17(14)26-19-13(4-3-9-21-19)11-22-18(25)16-10-15(23-24-16)12-7-8-12/h1-6,9-10,12H,7-8,11H2,(H,22,25)(H,23,24). The van der Waals surface area contributed by atoms with Crippen LogP contribution in [-0.4, -0.2) is 21.1 Å². The zero-order valence-electron chi connectivity index (χ0n) is 13.9. The average molecular weight is 352 g/mol. The maximum atomic E-state index is 13.8. The molecule has 2 aromatic heterocycles. The van der Waals surface area contributed by atoms with Crippen molar-refractivity contribution in [2.75, 3.05) is 0 Å². The quantitative estimate of drug-likeness (QED) is 0.711. The molecule has 0 aliphatic heterocycles. The normalized spacial score (nSPS) is 13.4. The van der Waals surface area contributed by atoms with Gasteiger partial charge in [-0.1, -0.05) is 18.2 Å². The molecule has 0 radical (unpaired) electrons. The Balaban J connectivity index is 1.44. The van der Waals surface area contributed by atoms with E-state index in [9.17, 15) is 9.18 Å². The highest BCUT2D eigenvalue weighted by molar-refractivity contribution is 5.92. The van der Waals surface area contributed by atoms with Crippen molar-refractivity contribution in [3.8, 4) is 11.6 Å². The van der Waals surface area contributed by atoms with Crippen LogP contribution in [0.15, 0.2) is 48.7 Å². The first kappa shape index (κ1) is 16.3. The predicted molar refractivity (Wildman–Crippen MR) is 92.4 cm³/mol. The zero-order chi connectivity index (χ0) is 17.9. The highest BCUT2D eigenvalue weighted by Gasteiger charge is 2.26. The number of hydrogen-bond donors (Lipinski definition) is 2. The number of pyridine rings is 1. The Morgan fingerprint density at radius 3 is 2.92 bits per heavy atom. The summed E-state index contributed by atoms with van der Waals surface area (Å²) in [6.07, 6.45) is 3.82. The van der Waals surface area contributed by atoms with Gasteiger partial charge in [0.2, 0.25) is 5.88 Å². The number of nitrogens with zero attached hydrogens (tertiary/aromatic N) is 2. The molecule has 1 aliphatic rings. The second kappa shape index (κ2) is 6.95. The van der Waals surface area contributed by atoms with Crippen LogP contribution in [0.3, 0.4) is 0 Å². The van der Waals surface area contributed by atoms with E-state index in [1.807, 2.05) is 0 Å². The van der Waals surface area contributed by atoms with Gasteiger partial charge in [0, 0.05) is 29.9 Å². The van der Waals surface area contributed by atoms with Gasteiger partial charge in [-0.2, -0.15) is 5.10 Å². The third kappa shape index (κ3) is 3.56. The van der Waals surface area contributed by atoms with Crippen molar-refractivity contribution in [2.45, 2.75) is 25.3 Å². The second-order valence-corrected chi connectivity index (χ2v) is 6.17. The molecule has 0 saturated heterocycles. The van der Waals surface area contributed by atoms with Gasteiger partial charge in [-0.3, -0.25) is 9.89 Å². The number of hydrogen-bond acceptors (Lipinski definition) is 4. The number of carbonyl (C=O) groups is 1. The van der Waals surface area contributed by atoms with Crippen molar-refractivity contribution in [3.05, 3.63) is 71.4 Å². The lowest BCUT2D eigenvalue weighted by atomic mass is 10.2. The molecule has 0 atom stereocenters. The van der Waals surface area contributed by atoms with E-state index in [1.54, 1.807) is 36.5 Å². The van der Waals surface area contributed by atoms with Gasteiger partial charge in [-0.25, -0.2) is 9.37 Å². The fourth-order valence-corrected chi connectivity index (χ4v) is 2.60. The largest absolute Gasteiger partial charge is 0.436 e. The van der Waals surface area contributed by atoms with Crippen molar-refractivity contribution >= 4 is 5.91 Å². The number of ether oxygens (including phenoxy) is 1. The summed E-state index contributed by atoms with van der Waals surface area (Å²) >= 11 is 0. The molecule has 2 N–H and O–H groups in total. The van der Waals surface area contributed by atoms with E-state index < -0.39 is 5.82 Å². The van der Waals surface area contributed by atoms with Crippen LogP contribution in [0, 0.1) is 5.82 Å². The molecule has 1 aliphatic carbocycles. The van der Waals surface area contributed by atoms with Crippen molar-refractivity contribution in [3.63, 3.8) is 0 Å².